The lowest BCUT2D eigenvalue weighted by Crippen LogP contribution is -2.29. The third kappa shape index (κ3) is 3.70. The fourth-order valence-electron chi connectivity index (χ4n) is 3.65. The molecule has 0 aliphatic carbocycles. The zero-order valence-corrected chi connectivity index (χ0v) is 18.6. The van der Waals surface area contributed by atoms with Gasteiger partial charge in [0.05, 0.1) is 16.1 Å². The van der Waals surface area contributed by atoms with Crippen LogP contribution in [-0.2, 0) is 16.4 Å². The Labute approximate surface area is 184 Å². The zero-order chi connectivity index (χ0) is 22.3. The standard InChI is InChI=1S/C22H21N3O4S2/c1-13-14(2)30-22(19(13)20(23)26)24-21(27)16-7-9-17(10-8-16)31(28,29)25-12-11-15-5-3-4-6-18(15)25/h3-10H,11-12H2,1-2H3,(H2,23,26)(H,24,27). The van der Waals surface area contributed by atoms with Crippen LogP contribution in [0.1, 0.15) is 36.7 Å². The number of rotatable bonds is 5. The van der Waals surface area contributed by atoms with Crippen LogP contribution in [0.2, 0.25) is 0 Å². The molecule has 0 fully saturated rings. The van der Waals surface area contributed by atoms with Crippen molar-refractivity contribution in [2.24, 2.45) is 5.73 Å². The SMILES string of the molecule is Cc1sc(NC(=O)c2ccc(S(=O)(=O)N3CCc4ccccc43)cc2)c(C(N)=O)c1C. The van der Waals surface area contributed by atoms with E-state index in [1.807, 2.05) is 25.1 Å². The van der Waals surface area contributed by atoms with Gasteiger partial charge in [-0.15, -0.1) is 11.3 Å². The van der Waals surface area contributed by atoms with Crippen molar-refractivity contribution in [3.63, 3.8) is 0 Å². The molecular weight excluding hydrogens is 434 g/mol. The van der Waals surface area contributed by atoms with Gasteiger partial charge >= 0.3 is 0 Å². The Morgan fingerprint density at radius 3 is 2.42 bits per heavy atom. The maximum absolute atomic E-state index is 13.1. The number of nitrogens with zero attached hydrogens (tertiary/aromatic N) is 1. The Kier molecular flexibility index (Phi) is 5.32. The molecule has 3 aromatic rings. The largest absolute Gasteiger partial charge is 0.365 e. The predicted molar refractivity (Wildman–Crippen MR) is 121 cm³/mol. The van der Waals surface area contributed by atoms with Crippen LogP contribution in [0.25, 0.3) is 0 Å². The van der Waals surface area contributed by atoms with Gasteiger partial charge in [0.25, 0.3) is 21.8 Å². The minimum Gasteiger partial charge on any atom is -0.365 e. The molecule has 1 aliphatic rings. The second-order valence-corrected chi connectivity index (χ2v) is 10.4. The van der Waals surface area contributed by atoms with Crippen LogP contribution in [0.3, 0.4) is 0 Å². The quantitative estimate of drug-likeness (QED) is 0.614. The number of sulfonamides is 1. The minimum absolute atomic E-state index is 0.112. The van der Waals surface area contributed by atoms with Gasteiger partial charge in [-0.25, -0.2) is 8.42 Å². The summed E-state index contributed by atoms with van der Waals surface area (Å²) in [4.78, 5) is 25.4. The van der Waals surface area contributed by atoms with Gasteiger partial charge in [-0.1, -0.05) is 18.2 Å². The smallest absolute Gasteiger partial charge is 0.264 e. The molecule has 2 heterocycles. The lowest BCUT2D eigenvalue weighted by Gasteiger charge is -2.19. The molecule has 4 rings (SSSR count). The van der Waals surface area contributed by atoms with Crippen molar-refractivity contribution in [2.75, 3.05) is 16.2 Å². The number of aryl methyl sites for hydroxylation is 1. The lowest BCUT2D eigenvalue weighted by molar-refractivity contribution is 0.100. The summed E-state index contributed by atoms with van der Waals surface area (Å²) in [5, 5.41) is 3.10. The van der Waals surface area contributed by atoms with Gasteiger partial charge in [0.15, 0.2) is 0 Å². The Morgan fingerprint density at radius 2 is 1.74 bits per heavy atom. The second-order valence-electron chi connectivity index (χ2n) is 7.29. The summed E-state index contributed by atoms with van der Waals surface area (Å²) in [6, 6.07) is 13.2. The molecule has 3 N–H and O–H groups in total. The van der Waals surface area contributed by atoms with Gasteiger partial charge in [-0.05, 0) is 61.7 Å². The van der Waals surface area contributed by atoms with Gasteiger partial charge in [-0.2, -0.15) is 0 Å². The molecule has 1 aliphatic heterocycles. The molecule has 7 nitrogen and oxygen atoms in total. The predicted octanol–water partition coefficient (Wildman–Crippen LogP) is 3.47. The average Bonchev–Trinajstić information content (AvgIpc) is 3.29. The van der Waals surface area contributed by atoms with Gasteiger partial charge in [0, 0.05) is 17.0 Å². The van der Waals surface area contributed by atoms with Gasteiger partial charge in [0.1, 0.15) is 5.00 Å². The Morgan fingerprint density at radius 1 is 1.06 bits per heavy atom. The average molecular weight is 456 g/mol. The monoisotopic (exact) mass is 455 g/mol. The highest BCUT2D eigenvalue weighted by atomic mass is 32.2. The van der Waals surface area contributed by atoms with Gasteiger partial charge in [-0.3, -0.25) is 13.9 Å². The number of nitrogens with one attached hydrogen (secondary N) is 1. The highest BCUT2D eigenvalue weighted by Crippen LogP contribution is 2.34. The van der Waals surface area contributed by atoms with E-state index in [1.54, 1.807) is 13.0 Å². The summed E-state index contributed by atoms with van der Waals surface area (Å²) in [6.45, 7) is 4.01. The maximum Gasteiger partial charge on any atom is 0.264 e. The number of hydrogen-bond acceptors (Lipinski definition) is 5. The molecule has 0 unspecified atom stereocenters. The first-order valence-electron chi connectivity index (χ1n) is 9.62. The first-order chi connectivity index (χ1) is 14.7. The normalized spacial score (nSPS) is 13.2. The van der Waals surface area contributed by atoms with Crippen molar-refractivity contribution in [1.29, 1.82) is 0 Å². The Balaban J connectivity index is 1.57. The van der Waals surface area contributed by atoms with Crippen molar-refractivity contribution in [3.8, 4) is 0 Å². The molecule has 0 bridgehead atoms. The first-order valence-corrected chi connectivity index (χ1v) is 11.9. The molecule has 160 valence electrons. The number of carbonyl (C=O) groups is 2. The molecule has 0 atom stereocenters. The van der Waals surface area contributed by atoms with E-state index in [9.17, 15) is 18.0 Å². The fraction of sp³-hybridized carbons (Fsp3) is 0.182. The molecule has 0 saturated carbocycles. The van der Waals surface area contributed by atoms with Crippen LogP contribution >= 0.6 is 11.3 Å². The number of fused-ring (bicyclic) bond motifs is 1. The number of hydrogen-bond donors (Lipinski definition) is 2. The molecule has 31 heavy (non-hydrogen) atoms. The first kappa shape index (κ1) is 21.1. The van der Waals surface area contributed by atoms with E-state index in [2.05, 4.69) is 5.32 Å². The molecule has 0 radical (unpaired) electrons. The van der Waals surface area contributed by atoms with Crippen LogP contribution in [0, 0.1) is 13.8 Å². The van der Waals surface area contributed by atoms with Crippen molar-refractivity contribution < 1.29 is 18.0 Å². The molecule has 2 aromatic carbocycles. The zero-order valence-electron chi connectivity index (χ0n) is 17.0. The summed E-state index contributed by atoms with van der Waals surface area (Å²) in [5.74, 6) is -1.05. The molecule has 0 saturated heterocycles. The highest BCUT2D eigenvalue weighted by Gasteiger charge is 2.30. The van der Waals surface area contributed by atoms with E-state index in [-0.39, 0.29) is 10.5 Å². The van der Waals surface area contributed by atoms with Crippen molar-refractivity contribution >= 4 is 43.9 Å². The number of benzene rings is 2. The number of carbonyl (C=O) groups excluding carboxylic acids is 2. The molecule has 9 heteroatoms. The number of primary amides is 1. The summed E-state index contributed by atoms with van der Waals surface area (Å²) in [6.07, 6.45) is 0.664. The van der Waals surface area contributed by atoms with Gasteiger partial charge in [0.2, 0.25) is 0 Å². The van der Waals surface area contributed by atoms with E-state index in [0.29, 0.717) is 29.2 Å². The van der Waals surface area contributed by atoms with Crippen LogP contribution in [-0.4, -0.2) is 26.8 Å². The summed E-state index contributed by atoms with van der Waals surface area (Å²) < 4.78 is 27.6. The number of nitrogens with two attached hydrogens (primary N) is 1. The van der Waals surface area contributed by atoms with E-state index < -0.39 is 21.8 Å². The highest BCUT2D eigenvalue weighted by molar-refractivity contribution is 7.92. The topological polar surface area (TPSA) is 110 Å². The third-order valence-electron chi connectivity index (χ3n) is 5.41. The molecule has 1 aromatic heterocycles. The number of amides is 2. The summed E-state index contributed by atoms with van der Waals surface area (Å²) in [5.41, 5.74) is 8.44. The Hall–Kier alpha value is -3.17. The molecule has 2 amide bonds. The van der Waals surface area contributed by atoms with Crippen LogP contribution < -0.4 is 15.4 Å². The number of anilines is 2. The lowest BCUT2D eigenvalue weighted by atomic mass is 10.1. The Bertz CT molecular complexity index is 1290. The van der Waals surface area contributed by atoms with Crippen molar-refractivity contribution in [2.45, 2.75) is 25.2 Å². The fourth-order valence-corrected chi connectivity index (χ4v) is 6.21. The maximum atomic E-state index is 13.1. The van der Waals surface area contributed by atoms with Crippen LogP contribution in [0.4, 0.5) is 10.7 Å². The second kappa shape index (κ2) is 7.82. The van der Waals surface area contributed by atoms with Crippen molar-refractivity contribution in [1.82, 2.24) is 0 Å². The van der Waals surface area contributed by atoms with Crippen LogP contribution in [0.5, 0.6) is 0 Å². The minimum atomic E-state index is -3.73. The van der Waals surface area contributed by atoms with E-state index in [1.165, 1.54) is 39.9 Å². The number of para-hydroxylation sites is 1. The van der Waals surface area contributed by atoms with E-state index >= 15 is 0 Å². The molecular formula is C22H21N3O4S2. The summed E-state index contributed by atoms with van der Waals surface area (Å²) >= 11 is 1.27. The third-order valence-corrected chi connectivity index (χ3v) is 8.36. The van der Waals surface area contributed by atoms with E-state index in [0.717, 1.165) is 16.0 Å². The number of thiophene rings is 1. The van der Waals surface area contributed by atoms with Gasteiger partial charge < -0.3 is 11.1 Å². The summed E-state index contributed by atoms with van der Waals surface area (Å²) in [7, 11) is -3.73. The van der Waals surface area contributed by atoms with Crippen LogP contribution in [0.15, 0.2) is 53.4 Å². The van der Waals surface area contributed by atoms with Crippen molar-refractivity contribution in [3.05, 3.63) is 75.7 Å². The molecule has 0 spiro atoms. The van der Waals surface area contributed by atoms with E-state index in [4.69, 9.17) is 5.73 Å².